The number of hydrogen-bond acceptors (Lipinski definition) is 3. The Balaban J connectivity index is 2.20. The SMILES string of the molecule is Cc1n[nH]c(C)c1CNC(=O)c1ccc(=O)[nH]c1C(C)C. The summed E-state index contributed by atoms with van der Waals surface area (Å²) >= 11 is 0. The van der Waals surface area contributed by atoms with Gasteiger partial charge in [-0.15, -0.1) is 0 Å². The second-order valence-corrected chi connectivity index (χ2v) is 5.40. The van der Waals surface area contributed by atoms with Crippen LogP contribution >= 0.6 is 0 Å². The van der Waals surface area contributed by atoms with Crippen LogP contribution in [0.2, 0.25) is 0 Å². The van der Waals surface area contributed by atoms with Crippen LogP contribution in [0.1, 0.15) is 52.8 Å². The van der Waals surface area contributed by atoms with Crippen molar-refractivity contribution in [2.75, 3.05) is 0 Å². The van der Waals surface area contributed by atoms with Gasteiger partial charge in [-0.25, -0.2) is 0 Å². The molecule has 2 rings (SSSR count). The third-order valence-electron chi connectivity index (χ3n) is 3.48. The average molecular weight is 288 g/mol. The Morgan fingerprint density at radius 2 is 2.05 bits per heavy atom. The Morgan fingerprint density at radius 1 is 1.33 bits per heavy atom. The number of carbonyl (C=O) groups is 1. The predicted molar refractivity (Wildman–Crippen MR) is 80.4 cm³/mol. The lowest BCUT2D eigenvalue weighted by molar-refractivity contribution is 0.0949. The molecule has 0 radical (unpaired) electrons. The second-order valence-electron chi connectivity index (χ2n) is 5.40. The molecule has 0 spiro atoms. The molecule has 112 valence electrons. The monoisotopic (exact) mass is 288 g/mol. The summed E-state index contributed by atoms with van der Waals surface area (Å²) < 4.78 is 0. The molecule has 0 unspecified atom stereocenters. The molecule has 0 fully saturated rings. The van der Waals surface area contributed by atoms with Gasteiger partial charge in [-0.05, 0) is 25.8 Å². The van der Waals surface area contributed by atoms with Gasteiger partial charge >= 0.3 is 0 Å². The molecule has 0 aliphatic carbocycles. The van der Waals surface area contributed by atoms with Crippen molar-refractivity contribution in [2.24, 2.45) is 0 Å². The number of nitrogens with zero attached hydrogens (tertiary/aromatic N) is 1. The Labute approximate surface area is 123 Å². The highest BCUT2D eigenvalue weighted by molar-refractivity contribution is 5.95. The number of rotatable bonds is 4. The first-order valence-corrected chi connectivity index (χ1v) is 6.92. The molecule has 0 aliphatic heterocycles. The van der Waals surface area contributed by atoms with E-state index in [-0.39, 0.29) is 17.4 Å². The third kappa shape index (κ3) is 3.21. The van der Waals surface area contributed by atoms with E-state index in [1.807, 2.05) is 27.7 Å². The summed E-state index contributed by atoms with van der Waals surface area (Å²) in [5.74, 6) is -0.132. The summed E-state index contributed by atoms with van der Waals surface area (Å²) in [7, 11) is 0. The lowest BCUT2D eigenvalue weighted by Gasteiger charge is -2.12. The van der Waals surface area contributed by atoms with E-state index in [1.165, 1.54) is 6.07 Å². The molecule has 0 saturated heterocycles. The Morgan fingerprint density at radius 3 is 2.62 bits per heavy atom. The van der Waals surface area contributed by atoms with Crippen molar-refractivity contribution in [3.8, 4) is 0 Å². The number of aryl methyl sites for hydroxylation is 2. The number of aromatic nitrogens is 3. The number of nitrogens with one attached hydrogen (secondary N) is 3. The molecule has 0 saturated carbocycles. The second kappa shape index (κ2) is 5.95. The van der Waals surface area contributed by atoms with Gasteiger partial charge < -0.3 is 10.3 Å². The Bertz CT molecular complexity index is 693. The summed E-state index contributed by atoms with van der Waals surface area (Å²) in [5.41, 5.74) is 3.76. The van der Waals surface area contributed by atoms with Crippen molar-refractivity contribution >= 4 is 5.91 Å². The molecule has 2 heterocycles. The molecule has 2 aromatic heterocycles. The van der Waals surface area contributed by atoms with Crippen molar-refractivity contribution in [3.63, 3.8) is 0 Å². The minimum absolute atomic E-state index is 0.0667. The van der Waals surface area contributed by atoms with Gasteiger partial charge in [0.15, 0.2) is 0 Å². The normalized spacial score (nSPS) is 10.9. The number of pyridine rings is 1. The first-order chi connectivity index (χ1) is 9.90. The van der Waals surface area contributed by atoms with E-state index in [2.05, 4.69) is 20.5 Å². The van der Waals surface area contributed by atoms with E-state index in [1.54, 1.807) is 6.07 Å². The summed E-state index contributed by atoms with van der Waals surface area (Å²) in [6.45, 7) is 8.09. The zero-order valence-electron chi connectivity index (χ0n) is 12.7. The predicted octanol–water partition coefficient (Wildman–Crippen LogP) is 1.77. The van der Waals surface area contributed by atoms with E-state index in [0.29, 0.717) is 17.8 Å². The molecule has 0 atom stereocenters. The summed E-state index contributed by atoms with van der Waals surface area (Å²) in [6.07, 6.45) is 0. The van der Waals surface area contributed by atoms with Crippen LogP contribution in [-0.2, 0) is 6.54 Å². The minimum Gasteiger partial charge on any atom is -0.348 e. The van der Waals surface area contributed by atoms with Gasteiger partial charge in [0.1, 0.15) is 0 Å². The quantitative estimate of drug-likeness (QED) is 0.800. The molecule has 1 amide bonds. The third-order valence-corrected chi connectivity index (χ3v) is 3.48. The summed E-state index contributed by atoms with van der Waals surface area (Å²) in [4.78, 5) is 26.5. The zero-order valence-corrected chi connectivity index (χ0v) is 12.7. The van der Waals surface area contributed by atoms with Crippen molar-refractivity contribution in [1.29, 1.82) is 0 Å². The standard InChI is InChI=1S/C15H20N4O2/c1-8(2)14-11(5-6-13(20)17-14)15(21)16-7-12-9(3)18-19-10(12)4/h5-6,8H,7H2,1-4H3,(H,16,21)(H,17,20)(H,18,19). The topological polar surface area (TPSA) is 90.6 Å². The molecular weight excluding hydrogens is 268 g/mol. The van der Waals surface area contributed by atoms with Gasteiger partial charge in [-0.3, -0.25) is 14.7 Å². The van der Waals surface area contributed by atoms with Crippen LogP contribution in [-0.4, -0.2) is 21.1 Å². The highest BCUT2D eigenvalue weighted by Crippen LogP contribution is 2.15. The Kier molecular flexibility index (Phi) is 4.26. The summed E-state index contributed by atoms with van der Waals surface area (Å²) in [5, 5.41) is 9.87. The van der Waals surface area contributed by atoms with Gasteiger partial charge in [0.05, 0.1) is 11.3 Å². The highest BCUT2D eigenvalue weighted by Gasteiger charge is 2.15. The van der Waals surface area contributed by atoms with Crippen molar-refractivity contribution in [3.05, 3.63) is 50.7 Å². The molecule has 0 aliphatic rings. The van der Waals surface area contributed by atoms with Crippen LogP contribution in [0.15, 0.2) is 16.9 Å². The van der Waals surface area contributed by atoms with Crippen LogP contribution in [0.3, 0.4) is 0 Å². The average Bonchev–Trinajstić information content (AvgIpc) is 2.75. The van der Waals surface area contributed by atoms with E-state index in [4.69, 9.17) is 0 Å². The number of carbonyl (C=O) groups excluding carboxylic acids is 1. The number of hydrogen-bond donors (Lipinski definition) is 3. The fourth-order valence-corrected chi connectivity index (χ4v) is 2.24. The summed E-state index contributed by atoms with van der Waals surface area (Å²) in [6, 6.07) is 2.94. The first-order valence-electron chi connectivity index (χ1n) is 6.92. The first kappa shape index (κ1) is 15.0. The maximum atomic E-state index is 12.3. The van der Waals surface area contributed by atoms with E-state index in [9.17, 15) is 9.59 Å². The molecular formula is C15H20N4O2. The maximum absolute atomic E-state index is 12.3. The van der Waals surface area contributed by atoms with Gasteiger partial charge in [0.2, 0.25) is 5.56 Å². The molecule has 21 heavy (non-hydrogen) atoms. The minimum atomic E-state index is -0.199. The van der Waals surface area contributed by atoms with Crippen molar-refractivity contribution in [1.82, 2.24) is 20.5 Å². The maximum Gasteiger partial charge on any atom is 0.253 e. The van der Waals surface area contributed by atoms with Crippen molar-refractivity contribution < 1.29 is 4.79 Å². The Hall–Kier alpha value is -2.37. The largest absolute Gasteiger partial charge is 0.348 e. The molecule has 2 aromatic rings. The number of H-pyrrole nitrogens is 2. The molecule has 6 heteroatoms. The molecule has 6 nitrogen and oxygen atoms in total. The molecule has 3 N–H and O–H groups in total. The highest BCUT2D eigenvalue weighted by atomic mass is 16.1. The number of aromatic amines is 2. The zero-order chi connectivity index (χ0) is 15.6. The molecule has 0 aromatic carbocycles. The number of amides is 1. The van der Waals surface area contributed by atoms with Crippen LogP contribution in [0.25, 0.3) is 0 Å². The van der Waals surface area contributed by atoms with Gasteiger partial charge in [0.25, 0.3) is 5.91 Å². The van der Waals surface area contributed by atoms with Crippen LogP contribution in [0.5, 0.6) is 0 Å². The lowest BCUT2D eigenvalue weighted by atomic mass is 10.0. The molecule has 0 bridgehead atoms. The van der Waals surface area contributed by atoms with E-state index in [0.717, 1.165) is 17.0 Å². The van der Waals surface area contributed by atoms with Gasteiger partial charge in [0, 0.05) is 29.6 Å². The van der Waals surface area contributed by atoms with E-state index < -0.39 is 0 Å². The fraction of sp³-hybridized carbons (Fsp3) is 0.400. The van der Waals surface area contributed by atoms with E-state index >= 15 is 0 Å². The van der Waals surface area contributed by atoms with Gasteiger partial charge in [-0.2, -0.15) is 5.10 Å². The van der Waals surface area contributed by atoms with Crippen LogP contribution < -0.4 is 10.9 Å². The van der Waals surface area contributed by atoms with Gasteiger partial charge in [-0.1, -0.05) is 13.8 Å². The lowest BCUT2D eigenvalue weighted by Crippen LogP contribution is -2.26. The van der Waals surface area contributed by atoms with Crippen LogP contribution in [0, 0.1) is 13.8 Å². The fourth-order valence-electron chi connectivity index (χ4n) is 2.24. The van der Waals surface area contributed by atoms with Crippen molar-refractivity contribution in [2.45, 2.75) is 40.2 Å². The smallest absolute Gasteiger partial charge is 0.253 e. The van der Waals surface area contributed by atoms with Crippen LogP contribution in [0.4, 0.5) is 0 Å².